The van der Waals surface area contributed by atoms with Crippen LogP contribution < -0.4 is 5.32 Å². The summed E-state index contributed by atoms with van der Waals surface area (Å²) >= 11 is 0. The fourth-order valence-electron chi connectivity index (χ4n) is 3.18. The van der Waals surface area contributed by atoms with Gasteiger partial charge < -0.3 is 5.32 Å². The van der Waals surface area contributed by atoms with Gasteiger partial charge in [0, 0.05) is 6.04 Å². The van der Waals surface area contributed by atoms with E-state index in [1.807, 2.05) is 0 Å². The predicted molar refractivity (Wildman–Crippen MR) is 94.9 cm³/mol. The standard InChI is InChI=1S/C20H35N/c1-6-9-10-18(8-3)15-20(21-11-7-2)19-13-16(4)12-17(5)14-19/h12-14,18,20-21H,6-11,15H2,1-5H3. The first-order chi connectivity index (χ1) is 10.1. The Morgan fingerprint density at radius 3 is 2.14 bits per heavy atom. The van der Waals surface area contributed by atoms with E-state index in [1.54, 1.807) is 0 Å². The van der Waals surface area contributed by atoms with Crippen molar-refractivity contribution < 1.29 is 0 Å². The average Bonchev–Trinajstić information content (AvgIpc) is 2.45. The minimum absolute atomic E-state index is 0.519. The van der Waals surface area contributed by atoms with Crippen LogP contribution in [0.3, 0.4) is 0 Å². The maximum atomic E-state index is 3.78. The van der Waals surface area contributed by atoms with Crippen LogP contribution in [0.2, 0.25) is 0 Å². The summed E-state index contributed by atoms with van der Waals surface area (Å²) in [5, 5.41) is 3.78. The molecule has 0 amide bonds. The van der Waals surface area contributed by atoms with Gasteiger partial charge in [-0.1, -0.05) is 75.8 Å². The van der Waals surface area contributed by atoms with Crippen LogP contribution in [-0.2, 0) is 0 Å². The smallest absolute Gasteiger partial charge is 0.0323 e. The summed E-state index contributed by atoms with van der Waals surface area (Å²) in [7, 11) is 0. The van der Waals surface area contributed by atoms with Crippen molar-refractivity contribution in [3.8, 4) is 0 Å². The first-order valence-corrected chi connectivity index (χ1v) is 8.92. The van der Waals surface area contributed by atoms with Crippen LogP contribution in [0.25, 0.3) is 0 Å². The Hall–Kier alpha value is -0.820. The number of benzene rings is 1. The van der Waals surface area contributed by atoms with Gasteiger partial charge in [0.15, 0.2) is 0 Å². The molecule has 1 rings (SSSR count). The van der Waals surface area contributed by atoms with Crippen LogP contribution >= 0.6 is 0 Å². The maximum Gasteiger partial charge on any atom is 0.0323 e. The fourth-order valence-corrected chi connectivity index (χ4v) is 3.18. The van der Waals surface area contributed by atoms with E-state index in [9.17, 15) is 0 Å². The van der Waals surface area contributed by atoms with Gasteiger partial charge in [-0.2, -0.15) is 0 Å². The van der Waals surface area contributed by atoms with Gasteiger partial charge in [-0.05, 0) is 44.7 Å². The molecule has 0 radical (unpaired) electrons. The molecule has 0 spiro atoms. The molecule has 1 N–H and O–H groups in total. The fraction of sp³-hybridized carbons (Fsp3) is 0.700. The highest BCUT2D eigenvalue weighted by atomic mass is 14.9. The van der Waals surface area contributed by atoms with Crippen LogP contribution in [0.5, 0.6) is 0 Å². The van der Waals surface area contributed by atoms with Crippen molar-refractivity contribution in [3.63, 3.8) is 0 Å². The molecule has 0 heterocycles. The van der Waals surface area contributed by atoms with E-state index in [0.29, 0.717) is 6.04 Å². The second-order valence-corrected chi connectivity index (χ2v) is 6.58. The van der Waals surface area contributed by atoms with Crippen molar-refractivity contribution in [3.05, 3.63) is 34.9 Å². The van der Waals surface area contributed by atoms with Gasteiger partial charge >= 0.3 is 0 Å². The van der Waals surface area contributed by atoms with Gasteiger partial charge in [-0.3, -0.25) is 0 Å². The number of rotatable bonds is 10. The third-order valence-corrected chi connectivity index (χ3v) is 4.40. The molecule has 0 saturated heterocycles. The molecule has 2 unspecified atom stereocenters. The SMILES string of the molecule is CCCCC(CC)CC(NCCC)c1cc(C)cc(C)c1. The summed E-state index contributed by atoms with van der Waals surface area (Å²) in [6, 6.07) is 7.53. The Morgan fingerprint density at radius 1 is 0.952 bits per heavy atom. The lowest BCUT2D eigenvalue weighted by atomic mass is 9.88. The summed E-state index contributed by atoms with van der Waals surface area (Å²) < 4.78 is 0. The molecule has 2 atom stereocenters. The Bertz CT molecular complexity index is 377. The van der Waals surface area contributed by atoms with Crippen molar-refractivity contribution in [2.24, 2.45) is 5.92 Å². The van der Waals surface area contributed by atoms with Crippen LogP contribution in [-0.4, -0.2) is 6.54 Å². The van der Waals surface area contributed by atoms with Gasteiger partial charge in [-0.25, -0.2) is 0 Å². The summed E-state index contributed by atoms with van der Waals surface area (Å²) in [6.45, 7) is 12.4. The molecule has 1 heteroatoms. The molecule has 0 aromatic heterocycles. The number of hydrogen-bond donors (Lipinski definition) is 1. The van der Waals surface area contributed by atoms with Crippen molar-refractivity contribution in [1.29, 1.82) is 0 Å². The van der Waals surface area contributed by atoms with E-state index >= 15 is 0 Å². The van der Waals surface area contributed by atoms with Crippen LogP contribution in [0.4, 0.5) is 0 Å². The van der Waals surface area contributed by atoms with E-state index in [2.05, 4.69) is 58.1 Å². The molecule has 1 aromatic carbocycles. The molecular weight excluding hydrogens is 254 g/mol. The topological polar surface area (TPSA) is 12.0 Å². The highest BCUT2D eigenvalue weighted by Gasteiger charge is 2.17. The Kier molecular flexibility index (Phi) is 8.68. The third-order valence-electron chi connectivity index (χ3n) is 4.40. The van der Waals surface area contributed by atoms with E-state index in [0.717, 1.165) is 12.5 Å². The quantitative estimate of drug-likeness (QED) is 0.561. The number of nitrogens with one attached hydrogen (secondary N) is 1. The van der Waals surface area contributed by atoms with Crippen molar-refractivity contribution in [1.82, 2.24) is 5.32 Å². The first-order valence-electron chi connectivity index (χ1n) is 8.92. The molecule has 1 nitrogen and oxygen atoms in total. The van der Waals surface area contributed by atoms with Crippen molar-refractivity contribution in [2.75, 3.05) is 6.54 Å². The Labute approximate surface area is 132 Å². The van der Waals surface area contributed by atoms with E-state index in [1.165, 1.54) is 55.2 Å². The number of hydrogen-bond acceptors (Lipinski definition) is 1. The molecule has 0 aliphatic heterocycles. The zero-order valence-electron chi connectivity index (χ0n) is 14.8. The van der Waals surface area contributed by atoms with E-state index < -0.39 is 0 Å². The molecule has 0 aliphatic carbocycles. The molecule has 0 fully saturated rings. The summed E-state index contributed by atoms with van der Waals surface area (Å²) in [4.78, 5) is 0. The molecule has 0 bridgehead atoms. The molecule has 0 saturated carbocycles. The summed E-state index contributed by atoms with van der Waals surface area (Å²) in [6.07, 6.45) is 7.84. The predicted octanol–water partition coefficient (Wildman–Crippen LogP) is 5.95. The minimum atomic E-state index is 0.519. The van der Waals surface area contributed by atoms with Crippen LogP contribution in [0, 0.1) is 19.8 Å². The normalized spacial score (nSPS) is 14.1. The van der Waals surface area contributed by atoms with Gasteiger partial charge in [0.1, 0.15) is 0 Å². The third kappa shape index (κ3) is 6.65. The van der Waals surface area contributed by atoms with Gasteiger partial charge in [0.2, 0.25) is 0 Å². The molecular formula is C20H35N. The van der Waals surface area contributed by atoms with Gasteiger partial charge in [-0.15, -0.1) is 0 Å². The average molecular weight is 290 g/mol. The van der Waals surface area contributed by atoms with Crippen molar-refractivity contribution >= 4 is 0 Å². The van der Waals surface area contributed by atoms with Crippen LogP contribution in [0.15, 0.2) is 18.2 Å². The highest BCUT2D eigenvalue weighted by molar-refractivity contribution is 5.30. The minimum Gasteiger partial charge on any atom is -0.310 e. The lowest BCUT2D eigenvalue weighted by molar-refractivity contribution is 0.353. The highest BCUT2D eigenvalue weighted by Crippen LogP contribution is 2.28. The van der Waals surface area contributed by atoms with E-state index in [-0.39, 0.29) is 0 Å². The zero-order chi connectivity index (χ0) is 15.7. The molecule has 120 valence electrons. The van der Waals surface area contributed by atoms with Gasteiger partial charge in [0.25, 0.3) is 0 Å². The molecule has 1 aromatic rings. The lowest BCUT2D eigenvalue weighted by Crippen LogP contribution is -2.24. The molecule has 0 aliphatic rings. The second kappa shape index (κ2) is 10.00. The summed E-state index contributed by atoms with van der Waals surface area (Å²) in [5.74, 6) is 0.847. The Balaban J connectivity index is 2.82. The zero-order valence-corrected chi connectivity index (χ0v) is 14.8. The monoisotopic (exact) mass is 289 g/mol. The Morgan fingerprint density at radius 2 is 1.62 bits per heavy atom. The summed E-state index contributed by atoms with van der Waals surface area (Å²) in [5.41, 5.74) is 4.25. The lowest BCUT2D eigenvalue weighted by Gasteiger charge is -2.25. The first kappa shape index (κ1) is 18.2. The molecule has 21 heavy (non-hydrogen) atoms. The van der Waals surface area contributed by atoms with E-state index in [4.69, 9.17) is 0 Å². The largest absolute Gasteiger partial charge is 0.310 e. The van der Waals surface area contributed by atoms with Crippen LogP contribution in [0.1, 0.15) is 82.0 Å². The second-order valence-electron chi connectivity index (χ2n) is 6.58. The van der Waals surface area contributed by atoms with Gasteiger partial charge in [0.05, 0.1) is 0 Å². The number of aryl methyl sites for hydroxylation is 2. The number of unbranched alkanes of at least 4 members (excludes halogenated alkanes) is 1. The maximum absolute atomic E-state index is 3.78. The van der Waals surface area contributed by atoms with Crippen molar-refractivity contribution in [2.45, 2.75) is 79.2 Å².